The number of halogens is 3. The quantitative estimate of drug-likeness (QED) is 0.783. The molecule has 3 rings (SSSR count). The summed E-state index contributed by atoms with van der Waals surface area (Å²) in [6.45, 7) is -0.329. The van der Waals surface area contributed by atoms with Crippen LogP contribution in [0.3, 0.4) is 0 Å². The molecule has 0 aromatic heterocycles. The van der Waals surface area contributed by atoms with Gasteiger partial charge in [0.15, 0.2) is 0 Å². The van der Waals surface area contributed by atoms with Crippen molar-refractivity contribution < 1.29 is 32.7 Å². The SMILES string of the molecule is CN1C(=O)c2ccc(C(=O)NCC(O)c3cccc(C(F)(F)F)c3)cc2C1=O. The van der Waals surface area contributed by atoms with Gasteiger partial charge in [-0.05, 0) is 35.9 Å². The topological polar surface area (TPSA) is 86.7 Å². The second kappa shape index (κ2) is 7.08. The number of amides is 3. The van der Waals surface area contributed by atoms with Crippen molar-refractivity contribution in [3.8, 4) is 0 Å². The fourth-order valence-electron chi connectivity index (χ4n) is 2.83. The molecular formula is C19H15F3N2O4. The zero-order valence-electron chi connectivity index (χ0n) is 14.6. The number of alkyl halides is 3. The van der Waals surface area contributed by atoms with Crippen LogP contribution in [0.2, 0.25) is 0 Å². The molecule has 1 aliphatic heterocycles. The van der Waals surface area contributed by atoms with Crippen LogP contribution in [-0.2, 0) is 6.18 Å². The number of rotatable bonds is 4. The number of carbonyl (C=O) groups excluding carboxylic acids is 3. The summed E-state index contributed by atoms with van der Waals surface area (Å²) in [7, 11) is 1.33. The lowest BCUT2D eigenvalue weighted by Crippen LogP contribution is -2.28. The standard InChI is InChI=1S/C19H15F3N2O4/c1-24-17(27)13-6-5-11(8-14(13)18(24)28)16(26)23-9-15(25)10-3-2-4-12(7-10)19(20,21)22/h2-8,15,25H,9H2,1H3,(H,23,26). The number of benzene rings is 2. The number of imide groups is 1. The highest BCUT2D eigenvalue weighted by Crippen LogP contribution is 2.30. The van der Waals surface area contributed by atoms with E-state index in [1.165, 1.54) is 37.4 Å². The smallest absolute Gasteiger partial charge is 0.387 e. The minimum Gasteiger partial charge on any atom is -0.387 e. The predicted molar refractivity (Wildman–Crippen MR) is 91.6 cm³/mol. The van der Waals surface area contributed by atoms with E-state index >= 15 is 0 Å². The Bertz CT molecular complexity index is 972. The minimum atomic E-state index is -4.54. The lowest BCUT2D eigenvalue weighted by atomic mass is 10.0. The van der Waals surface area contributed by atoms with Crippen molar-refractivity contribution >= 4 is 17.7 Å². The molecule has 1 heterocycles. The van der Waals surface area contributed by atoms with Gasteiger partial charge < -0.3 is 10.4 Å². The van der Waals surface area contributed by atoms with Crippen LogP contribution in [0.25, 0.3) is 0 Å². The van der Waals surface area contributed by atoms with Crippen LogP contribution in [-0.4, -0.2) is 41.3 Å². The van der Waals surface area contributed by atoms with E-state index in [9.17, 15) is 32.7 Å². The van der Waals surface area contributed by atoms with Gasteiger partial charge in [-0.15, -0.1) is 0 Å². The number of aliphatic hydroxyl groups is 1. The van der Waals surface area contributed by atoms with E-state index in [1.54, 1.807) is 0 Å². The third-order valence-corrected chi connectivity index (χ3v) is 4.41. The maximum absolute atomic E-state index is 12.8. The molecule has 0 fully saturated rings. The van der Waals surface area contributed by atoms with Gasteiger partial charge >= 0.3 is 6.18 Å². The summed E-state index contributed by atoms with van der Waals surface area (Å²) in [5.41, 5.74) is -0.522. The van der Waals surface area contributed by atoms with E-state index in [0.29, 0.717) is 0 Å². The number of fused-ring (bicyclic) bond motifs is 1. The normalized spacial score (nSPS) is 14.8. The zero-order valence-corrected chi connectivity index (χ0v) is 14.6. The van der Waals surface area contributed by atoms with Gasteiger partial charge in [0.2, 0.25) is 0 Å². The molecule has 1 unspecified atom stereocenters. The van der Waals surface area contributed by atoms with Crippen LogP contribution in [0, 0.1) is 0 Å². The van der Waals surface area contributed by atoms with Crippen molar-refractivity contribution in [3.63, 3.8) is 0 Å². The Morgan fingerprint density at radius 3 is 2.46 bits per heavy atom. The Morgan fingerprint density at radius 2 is 1.79 bits per heavy atom. The summed E-state index contributed by atoms with van der Waals surface area (Å²) in [5, 5.41) is 12.5. The van der Waals surface area contributed by atoms with Crippen LogP contribution in [0.1, 0.15) is 48.3 Å². The molecule has 1 aliphatic rings. The number of nitrogens with one attached hydrogen (secondary N) is 1. The van der Waals surface area contributed by atoms with E-state index in [4.69, 9.17) is 0 Å². The fourth-order valence-corrected chi connectivity index (χ4v) is 2.83. The number of carbonyl (C=O) groups is 3. The first-order chi connectivity index (χ1) is 13.1. The first-order valence-corrected chi connectivity index (χ1v) is 8.19. The molecule has 2 N–H and O–H groups in total. The molecular weight excluding hydrogens is 377 g/mol. The van der Waals surface area contributed by atoms with E-state index in [1.807, 2.05) is 0 Å². The van der Waals surface area contributed by atoms with Crippen LogP contribution in [0.4, 0.5) is 13.2 Å². The third kappa shape index (κ3) is 3.61. The molecule has 0 spiro atoms. The molecule has 0 radical (unpaired) electrons. The van der Waals surface area contributed by atoms with Gasteiger partial charge in [0.25, 0.3) is 17.7 Å². The molecule has 9 heteroatoms. The largest absolute Gasteiger partial charge is 0.416 e. The Labute approximate surface area is 157 Å². The summed E-state index contributed by atoms with van der Waals surface area (Å²) < 4.78 is 38.3. The van der Waals surface area contributed by atoms with Gasteiger partial charge in [0.1, 0.15) is 0 Å². The molecule has 0 bridgehead atoms. The molecule has 6 nitrogen and oxygen atoms in total. The van der Waals surface area contributed by atoms with E-state index in [0.717, 1.165) is 17.0 Å². The van der Waals surface area contributed by atoms with Gasteiger partial charge in [0, 0.05) is 19.2 Å². The molecule has 0 saturated carbocycles. The Balaban J connectivity index is 1.70. The molecule has 146 valence electrons. The average molecular weight is 392 g/mol. The monoisotopic (exact) mass is 392 g/mol. The summed E-state index contributed by atoms with van der Waals surface area (Å²) in [4.78, 5) is 37.0. The molecule has 2 aromatic rings. The molecule has 0 saturated heterocycles. The van der Waals surface area contributed by atoms with Crippen molar-refractivity contribution in [2.24, 2.45) is 0 Å². The van der Waals surface area contributed by atoms with Crippen LogP contribution in [0.5, 0.6) is 0 Å². The average Bonchev–Trinajstić information content (AvgIpc) is 2.89. The summed E-state index contributed by atoms with van der Waals surface area (Å²) in [6, 6.07) is 8.17. The van der Waals surface area contributed by atoms with E-state index in [2.05, 4.69) is 5.32 Å². The Kier molecular flexibility index (Phi) is 4.95. The van der Waals surface area contributed by atoms with Gasteiger partial charge in [-0.2, -0.15) is 13.2 Å². The maximum Gasteiger partial charge on any atom is 0.416 e. The number of hydrogen-bond acceptors (Lipinski definition) is 4. The van der Waals surface area contributed by atoms with Gasteiger partial charge in [-0.3, -0.25) is 19.3 Å². The lowest BCUT2D eigenvalue weighted by molar-refractivity contribution is -0.137. The van der Waals surface area contributed by atoms with Crippen LogP contribution < -0.4 is 5.32 Å². The van der Waals surface area contributed by atoms with E-state index in [-0.39, 0.29) is 28.8 Å². The zero-order chi connectivity index (χ0) is 20.6. The van der Waals surface area contributed by atoms with Gasteiger partial charge in [0.05, 0.1) is 22.8 Å². The van der Waals surface area contributed by atoms with Crippen molar-refractivity contribution in [2.75, 3.05) is 13.6 Å². The highest BCUT2D eigenvalue weighted by molar-refractivity contribution is 6.21. The summed E-state index contributed by atoms with van der Waals surface area (Å²) >= 11 is 0. The molecule has 1 atom stereocenters. The number of aliphatic hydroxyl groups excluding tert-OH is 1. The first-order valence-electron chi connectivity index (χ1n) is 8.19. The van der Waals surface area contributed by atoms with Crippen molar-refractivity contribution in [3.05, 3.63) is 70.3 Å². The Morgan fingerprint density at radius 1 is 1.11 bits per heavy atom. The molecule has 2 aromatic carbocycles. The molecule has 28 heavy (non-hydrogen) atoms. The van der Waals surface area contributed by atoms with Crippen LogP contribution in [0.15, 0.2) is 42.5 Å². The second-order valence-electron chi connectivity index (χ2n) is 6.28. The van der Waals surface area contributed by atoms with Gasteiger partial charge in [-0.25, -0.2) is 0 Å². The maximum atomic E-state index is 12.8. The lowest BCUT2D eigenvalue weighted by Gasteiger charge is -2.14. The van der Waals surface area contributed by atoms with Gasteiger partial charge in [-0.1, -0.05) is 12.1 Å². The summed E-state index contributed by atoms with van der Waals surface area (Å²) in [5.74, 6) is -1.63. The first kappa shape index (κ1) is 19.6. The fraction of sp³-hybridized carbons (Fsp3) is 0.211. The second-order valence-corrected chi connectivity index (χ2v) is 6.28. The minimum absolute atomic E-state index is 0.00600. The summed E-state index contributed by atoms with van der Waals surface area (Å²) in [6.07, 6.45) is -5.89. The predicted octanol–water partition coefficient (Wildman–Crippen LogP) is 2.39. The van der Waals surface area contributed by atoms with Crippen molar-refractivity contribution in [2.45, 2.75) is 12.3 Å². The number of nitrogens with zero attached hydrogens (tertiary/aromatic N) is 1. The third-order valence-electron chi connectivity index (χ3n) is 4.41. The van der Waals surface area contributed by atoms with Crippen LogP contribution >= 0.6 is 0 Å². The van der Waals surface area contributed by atoms with Crippen molar-refractivity contribution in [1.82, 2.24) is 10.2 Å². The Hall–Kier alpha value is -3.20. The highest BCUT2D eigenvalue weighted by Gasteiger charge is 2.33. The van der Waals surface area contributed by atoms with Crippen molar-refractivity contribution in [1.29, 1.82) is 0 Å². The molecule has 3 amide bonds. The molecule has 0 aliphatic carbocycles. The number of hydrogen-bond donors (Lipinski definition) is 2. The van der Waals surface area contributed by atoms with E-state index < -0.39 is 35.6 Å². The highest BCUT2D eigenvalue weighted by atomic mass is 19.4.